The summed E-state index contributed by atoms with van der Waals surface area (Å²) < 4.78 is 36.7. The minimum Gasteiger partial charge on any atom is -0.339 e. The second-order valence-electron chi connectivity index (χ2n) is 3.26. The van der Waals surface area contributed by atoms with Crippen LogP contribution in [-0.4, -0.2) is 36.0 Å². The molecule has 0 bridgehead atoms. The van der Waals surface area contributed by atoms with Gasteiger partial charge in [0.05, 0.1) is 0 Å². The van der Waals surface area contributed by atoms with Gasteiger partial charge in [0.25, 0.3) is 0 Å². The fourth-order valence-electron chi connectivity index (χ4n) is 1.39. The van der Waals surface area contributed by atoms with Crippen LogP contribution in [-0.2, 0) is 4.79 Å². The third-order valence-corrected chi connectivity index (χ3v) is 2.42. The van der Waals surface area contributed by atoms with Gasteiger partial charge in [-0.3, -0.25) is 4.79 Å². The first kappa shape index (κ1) is 12.4. The number of rotatable bonds is 2. The van der Waals surface area contributed by atoms with Crippen LogP contribution in [0.3, 0.4) is 0 Å². The van der Waals surface area contributed by atoms with Crippen LogP contribution in [0.15, 0.2) is 11.6 Å². The molecule has 86 valence electrons. The van der Waals surface area contributed by atoms with E-state index in [0.717, 1.165) is 6.08 Å². The predicted octanol–water partition coefficient (Wildman–Crippen LogP) is 2.34. The van der Waals surface area contributed by atoms with E-state index in [9.17, 15) is 18.0 Å². The summed E-state index contributed by atoms with van der Waals surface area (Å²) in [6, 6.07) is 0. The first-order valence-electron chi connectivity index (χ1n) is 4.55. The number of amides is 1. The van der Waals surface area contributed by atoms with Crippen molar-refractivity contribution in [2.45, 2.75) is 19.0 Å². The highest BCUT2D eigenvalue weighted by molar-refractivity contribution is 6.18. The number of halogens is 4. The van der Waals surface area contributed by atoms with Gasteiger partial charge in [-0.1, -0.05) is 6.08 Å². The fourth-order valence-corrected chi connectivity index (χ4v) is 1.55. The Morgan fingerprint density at radius 1 is 1.53 bits per heavy atom. The van der Waals surface area contributed by atoms with Crippen LogP contribution in [0.4, 0.5) is 13.2 Å². The van der Waals surface area contributed by atoms with E-state index < -0.39 is 11.7 Å². The Bertz CT molecular complexity index is 275. The molecule has 0 fully saturated rings. The molecule has 1 aliphatic rings. The van der Waals surface area contributed by atoms with Crippen LogP contribution in [0, 0.1) is 0 Å². The van der Waals surface area contributed by atoms with Crippen molar-refractivity contribution >= 4 is 17.5 Å². The number of hydrogen-bond donors (Lipinski definition) is 0. The smallest absolute Gasteiger partial charge is 0.339 e. The van der Waals surface area contributed by atoms with Crippen LogP contribution in [0.2, 0.25) is 0 Å². The zero-order valence-electron chi connectivity index (χ0n) is 7.98. The maximum atomic E-state index is 12.2. The van der Waals surface area contributed by atoms with Gasteiger partial charge >= 0.3 is 6.18 Å². The normalized spacial score (nSPS) is 17.6. The molecule has 0 aromatic carbocycles. The van der Waals surface area contributed by atoms with E-state index >= 15 is 0 Å². The lowest BCUT2D eigenvalue weighted by atomic mass is 10.1. The molecule has 0 aromatic rings. The Balaban J connectivity index is 2.54. The molecule has 0 spiro atoms. The molecule has 0 atom stereocenters. The van der Waals surface area contributed by atoms with Gasteiger partial charge in [-0.25, -0.2) is 0 Å². The second-order valence-corrected chi connectivity index (χ2v) is 3.63. The van der Waals surface area contributed by atoms with Crippen molar-refractivity contribution < 1.29 is 18.0 Å². The maximum Gasteiger partial charge on any atom is 0.412 e. The van der Waals surface area contributed by atoms with Gasteiger partial charge in [0.2, 0.25) is 5.91 Å². The molecular weight excluding hydrogens is 231 g/mol. The molecule has 0 aromatic heterocycles. The summed E-state index contributed by atoms with van der Waals surface area (Å²) in [6.07, 6.45) is -3.15. The Kier molecular flexibility index (Phi) is 4.02. The first-order valence-corrected chi connectivity index (χ1v) is 5.08. The van der Waals surface area contributed by atoms with Crippen molar-refractivity contribution in [1.29, 1.82) is 0 Å². The third-order valence-electron chi connectivity index (χ3n) is 2.23. The van der Waals surface area contributed by atoms with Crippen molar-refractivity contribution in [2.24, 2.45) is 0 Å². The highest BCUT2D eigenvalue weighted by Crippen LogP contribution is 2.30. The monoisotopic (exact) mass is 241 g/mol. The van der Waals surface area contributed by atoms with Gasteiger partial charge in [-0.05, 0) is 6.42 Å². The Labute approximate surface area is 90.7 Å². The Hall–Kier alpha value is -0.710. The molecule has 0 N–H and O–H groups in total. The molecule has 1 rings (SSSR count). The van der Waals surface area contributed by atoms with E-state index in [1.807, 2.05) is 0 Å². The molecule has 2 nitrogen and oxygen atoms in total. The lowest BCUT2D eigenvalue weighted by Gasteiger charge is -2.27. The zero-order valence-corrected chi connectivity index (χ0v) is 8.74. The molecule has 0 unspecified atom stereocenters. The van der Waals surface area contributed by atoms with Gasteiger partial charge in [0.1, 0.15) is 0 Å². The minimum atomic E-state index is -4.26. The highest BCUT2D eigenvalue weighted by Gasteiger charge is 2.35. The topological polar surface area (TPSA) is 20.3 Å². The summed E-state index contributed by atoms with van der Waals surface area (Å²) >= 11 is 5.37. The summed E-state index contributed by atoms with van der Waals surface area (Å²) in [5.41, 5.74) is -0.544. The van der Waals surface area contributed by atoms with E-state index in [4.69, 9.17) is 11.6 Å². The molecule has 0 radical (unpaired) electrons. The lowest BCUT2D eigenvalue weighted by molar-refractivity contribution is -0.131. The van der Waals surface area contributed by atoms with Crippen LogP contribution >= 0.6 is 11.6 Å². The molecule has 0 saturated carbocycles. The molecule has 15 heavy (non-hydrogen) atoms. The van der Waals surface area contributed by atoms with Crippen LogP contribution in [0.1, 0.15) is 12.8 Å². The molecule has 6 heteroatoms. The summed E-state index contributed by atoms with van der Waals surface area (Å²) in [6.45, 7) is 0.158. The van der Waals surface area contributed by atoms with Crippen LogP contribution in [0.25, 0.3) is 0 Å². The SMILES string of the molecule is O=C(CCCl)N1CC=C(C(F)(F)F)CC1. The lowest BCUT2D eigenvalue weighted by Crippen LogP contribution is -2.36. The Morgan fingerprint density at radius 2 is 2.20 bits per heavy atom. The molecular formula is C9H11ClF3NO. The maximum absolute atomic E-state index is 12.2. The van der Waals surface area contributed by atoms with E-state index in [2.05, 4.69) is 0 Å². The average molecular weight is 242 g/mol. The van der Waals surface area contributed by atoms with Gasteiger partial charge in [-0.15, -0.1) is 11.6 Å². The van der Waals surface area contributed by atoms with Crippen molar-refractivity contribution in [1.82, 2.24) is 4.90 Å². The number of carbonyl (C=O) groups is 1. The number of carbonyl (C=O) groups excluding carboxylic acids is 1. The van der Waals surface area contributed by atoms with Crippen molar-refractivity contribution in [3.05, 3.63) is 11.6 Å². The molecule has 1 heterocycles. The van der Waals surface area contributed by atoms with Gasteiger partial charge in [-0.2, -0.15) is 13.2 Å². The first-order chi connectivity index (χ1) is 6.95. The fraction of sp³-hybridized carbons (Fsp3) is 0.667. The van der Waals surface area contributed by atoms with Gasteiger partial charge < -0.3 is 4.90 Å². The number of alkyl halides is 4. The third kappa shape index (κ3) is 3.41. The van der Waals surface area contributed by atoms with E-state index in [-0.39, 0.29) is 37.7 Å². The van der Waals surface area contributed by atoms with Crippen molar-refractivity contribution in [2.75, 3.05) is 19.0 Å². The largest absolute Gasteiger partial charge is 0.412 e. The molecule has 0 aliphatic carbocycles. The minimum absolute atomic E-state index is 0.0323. The summed E-state index contributed by atoms with van der Waals surface area (Å²) in [7, 11) is 0. The van der Waals surface area contributed by atoms with E-state index in [1.165, 1.54) is 4.90 Å². The van der Waals surface area contributed by atoms with Crippen molar-refractivity contribution in [3.8, 4) is 0 Å². The highest BCUT2D eigenvalue weighted by atomic mass is 35.5. The second kappa shape index (κ2) is 4.88. The van der Waals surface area contributed by atoms with Crippen LogP contribution in [0.5, 0.6) is 0 Å². The van der Waals surface area contributed by atoms with E-state index in [0.29, 0.717) is 0 Å². The molecule has 1 aliphatic heterocycles. The predicted molar refractivity (Wildman–Crippen MR) is 50.7 cm³/mol. The van der Waals surface area contributed by atoms with Gasteiger partial charge in [0.15, 0.2) is 0 Å². The average Bonchev–Trinajstić information content (AvgIpc) is 2.17. The summed E-state index contributed by atoms with van der Waals surface area (Å²) in [4.78, 5) is 12.7. The number of hydrogen-bond acceptors (Lipinski definition) is 1. The summed E-state index contributed by atoms with van der Waals surface area (Å²) in [5.74, 6) is 0.00743. The van der Waals surface area contributed by atoms with E-state index in [1.54, 1.807) is 0 Å². The summed E-state index contributed by atoms with van der Waals surface area (Å²) in [5, 5.41) is 0. The quantitative estimate of drug-likeness (QED) is 0.537. The zero-order chi connectivity index (χ0) is 11.5. The standard InChI is InChI=1S/C9H11ClF3NO/c10-4-1-8(15)14-5-2-7(3-6-14)9(11,12)13/h2H,1,3-6H2. The molecule has 0 saturated heterocycles. The van der Waals surface area contributed by atoms with Gasteiger partial charge in [0, 0.05) is 31.0 Å². The molecule has 1 amide bonds. The number of nitrogens with zero attached hydrogens (tertiary/aromatic N) is 1. The Morgan fingerprint density at radius 3 is 2.60 bits per heavy atom. The van der Waals surface area contributed by atoms with Crippen molar-refractivity contribution in [3.63, 3.8) is 0 Å². The van der Waals surface area contributed by atoms with Crippen LogP contribution < -0.4 is 0 Å².